The average molecular weight is 441 g/mol. The second kappa shape index (κ2) is 8.63. The van der Waals surface area contributed by atoms with Gasteiger partial charge in [-0.15, -0.1) is 0 Å². The van der Waals surface area contributed by atoms with Crippen molar-refractivity contribution < 1.29 is 0 Å². The van der Waals surface area contributed by atoms with Crippen molar-refractivity contribution in [3.8, 4) is 11.4 Å². The van der Waals surface area contributed by atoms with Gasteiger partial charge < -0.3 is 16.0 Å². The minimum absolute atomic E-state index is 0.191. The standard InChI is InChI=1S/C25H26N7O/c1-14-4-3-5-18(21(14)16-6-9-27-10-7-16)30-23-22-17(8-11-28-24(22)33)13-20(31-23)19-12-15(2)29-25(26)32-19/h3-5,8,11-13,16H,6-7,9-10H2,1-2H3,(H,28,33)(H,30,31)(H2,26,29,32). The Balaban J connectivity index is 1.67. The normalized spacial score (nSPS) is 14.5. The number of H-pyrrole nitrogens is 1. The van der Waals surface area contributed by atoms with Crippen LogP contribution in [0, 0.1) is 13.8 Å². The van der Waals surface area contributed by atoms with Gasteiger partial charge >= 0.3 is 0 Å². The Labute approximate surface area is 191 Å². The largest absolute Gasteiger partial charge is 0.368 e. The molecule has 0 aliphatic carbocycles. The molecule has 1 radical (unpaired) electrons. The van der Waals surface area contributed by atoms with Crippen LogP contribution in [0.1, 0.15) is 35.6 Å². The van der Waals surface area contributed by atoms with Crippen molar-refractivity contribution in [3.63, 3.8) is 0 Å². The molecule has 33 heavy (non-hydrogen) atoms. The fourth-order valence-corrected chi connectivity index (χ4v) is 4.66. The first-order chi connectivity index (χ1) is 16.0. The number of piperidine rings is 1. The highest BCUT2D eigenvalue weighted by Crippen LogP contribution is 2.36. The lowest BCUT2D eigenvalue weighted by Crippen LogP contribution is -2.22. The van der Waals surface area contributed by atoms with Crippen LogP contribution in [0.3, 0.4) is 0 Å². The Morgan fingerprint density at radius 1 is 1.03 bits per heavy atom. The van der Waals surface area contributed by atoms with Crippen molar-refractivity contribution in [2.75, 3.05) is 24.1 Å². The van der Waals surface area contributed by atoms with E-state index in [0.29, 0.717) is 28.5 Å². The van der Waals surface area contributed by atoms with E-state index in [-0.39, 0.29) is 11.5 Å². The topological polar surface area (TPSA) is 124 Å². The van der Waals surface area contributed by atoms with Gasteiger partial charge in [-0.1, -0.05) is 12.1 Å². The van der Waals surface area contributed by atoms with Crippen LogP contribution >= 0.6 is 0 Å². The maximum atomic E-state index is 12.8. The molecule has 0 spiro atoms. The smallest absolute Gasteiger partial charge is 0.259 e. The molecule has 0 unspecified atom stereocenters. The number of hydrogen-bond donors (Lipinski definition) is 3. The molecule has 1 aliphatic rings. The first kappa shape index (κ1) is 21.1. The molecule has 1 aromatic carbocycles. The third kappa shape index (κ3) is 4.17. The summed E-state index contributed by atoms with van der Waals surface area (Å²) in [6, 6.07) is 11.8. The molecule has 1 fully saturated rings. The molecule has 5 rings (SSSR count). The van der Waals surface area contributed by atoms with Crippen LogP contribution < -0.4 is 21.9 Å². The van der Waals surface area contributed by atoms with Crippen LogP contribution in [0.25, 0.3) is 22.2 Å². The van der Waals surface area contributed by atoms with Crippen LogP contribution in [0.2, 0.25) is 0 Å². The van der Waals surface area contributed by atoms with Crippen molar-refractivity contribution in [1.82, 2.24) is 25.3 Å². The Hall–Kier alpha value is -3.78. The van der Waals surface area contributed by atoms with Gasteiger partial charge in [0.15, 0.2) is 0 Å². The van der Waals surface area contributed by atoms with Gasteiger partial charge in [0.05, 0.1) is 16.8 Å². The minimum Gasteiger partial charge on any atom is -0.368 e. The van der Waals surface area contributed by atoms with Gasteiger partial charge in [-0.2, -0.15) is 0 Å². The Morgan fingerprint density at radius 3 is 2.61 bits per heavy atom. The number of pyridine rings is 2. The summed E-state index contributed by atoms with van der Waals surface area (Å²) in [7, 11) is 0. The predicted molar refractivity (Wildman–Crippen MR) is 131 cm³/mol. The summed E-state index contributed by atoms with van der Waals surface area (Å²) in [4.78, 5) is 28.9. The number of nitrogens with two attached hydrogens (primary N) is 1. The van der Waals surface area contributed by atoms with Gasteiger partial charge in [0.25, 0.3) is 5.56 Å². The first-order valence-electron chi connectivity index (χ1n) is 11.1. The molecule has 1 saturated heterocycles. The fraction of sp³-hybridized carbons (Fsp3) is 0.280. The van der Waals surface area contributed by atoms with Gasteiger partial charge in [-0.25, -0.2) is 20.3 Å². The first-order valence-corrected chi connectivity index (χ1v) is 11.1. The number of nitrogen functional groups attached to an aromatic ring is 1. The number of aromatic amines is 1. The van der Waals surface area contributed by atoms with Crippen LogP contribution in [0.15, 0.2) is 47.4 Å². The van der Waals surface area contributed by atoms with Gasteiger partial charge in [-0.3, -0.25) is 4.79 Å². The SMILES string of the molecule is Cc1cc(-c2cc3cc[nH]c(=O)c3c(Nc3cccc(C)c3C3CC[N]CC3)n2)nc(N)n1. The lowest BCUT2D eigenvalue weighted by Gasteiger charge is -2.26. The lowest BCUT2D eigenvalue weighted by molar-refractivity contribution is 0.453. The summed E-state index contributed by atoms with van der Waals surface area (Å²) < 4.78 is 0. The molecule has 3 aromatic heterocycles. The van der Waals surface area contributed by atoms with Crippen molar-refractivity contribution in [3.05, 3.63) is 69.8 Å². The summed E-state index contributed by atoms with van der Waals surface area (Å²) in [5.41, 5.74) is 11.1. The highest BCUT2D eigenvalue weighted by Gasteiger charge is 2.22. The van der Waals surface area contributed by atoms with Crippen molar-refractivity contribution >= 4 is 28.2 Å². The Morgan fingerprint density at radius 2 is 1.82 bits per heavy atom. The summed E-state index contributed by atoms with van der Waals surface area (Å²) >= 11 is 0. The maximum Gasteiger partial charge on any atom is 0.259 e. The number of hydrogen-bond acceptors (Lipinski definition) is 6. The van der Waals surface area contributed by atoms with E-state index >= 15 is 0 Å². The third-order valence-corrected chi connectivity index (χ3v) is 6.15. The van der Waals surface area contributed by atoms with Gasteiger partial charge in [0.1, 0.15) is 5.82 Å². The molecular weight excluding hydrogens is 414 g/mol. The average Bonchev–Trinajstić information content (AvgIpc) is 2.79. The molecule has 0 saturated carbocycles. The second-order valence-electron chi connectivity index (χ2n) is 8.49. The van der Waals surface area contributed by atoms with Gasteiger partial charge in [-0.05, 0) is 73.4 Å². The molecule has 8 nitrogen and oxygen atoms in total. The van der Waals surface area contributed by atoms with Gasteiger partial charge in [0.2, 0.25) is 5.95 Å². The van der Waals surface area contributed by atoms with Crippen LogP contribution in [-0.2, 0) is 0 Å². The molecule has 8 heteroatoms. The van der Waals surface area contributed by atoms with E-state index in [4.69, 9.17) is 10.7 Å². The predicted octanol–water partition coefficient (Wildman–Crippen LogP) is 3.80. The van der Waals surface area contributed by atoms with Gasteiger partial charge in [0, 0.05) is 30.7 Å². The molecular formula is C25H26N7O. The summed E-state index contributed by atoms with van der Waals surface area (Å²) in [5, 5.41) is 9.28. The number of aromatic nitrogens is 4. The number of benzene rings is 1. The highest BCUT2D eigenvalue weighted by molar-refractivity contribution is 5.95. The molecule has 4 aromatic rings. The van der Waals surface area contributed by atoms with Crippen LogP contribution in [-0.4, -0.2) is 33.0 Å². The fourth-order valence-electron chi connectivity index (χ4n) is 4.66. The summed E-state index contributed by atoms with van der Waals surface area (Å²) in [6.45, 7) is 5.75. The zero-order valence-corrected chi connectivity index (χ0v) is 18.7. The third-order valence-electron chi connectivity index (χ3n) is 6.15. The number of fused-ring (bicyclic) bond motifs is 1. The lowest BCUT2D eigenvalue weighted by atomic mass is 9.86. The van der Waals surface area contributed by atoms with E-state index in [1.807, 2.05) is 31.2 Å². The van der Waals surface area contributed by atoms with Crippen molar-refractivity contribution in [2.45, 2.75) is 32.6 Å². The molecule has 0 atom stereocenters. The number of aryl methyl sites for hydroxylation is 2. The van der Waals surface area contributed by atoms with E-state index in [1.165, 1.54) is 11.1 Å². The molecule has 0 amide bonds. The Kier molecular flexibility index (Phi) is 5.51. The van der Waals surface area contributed by atoms with E-state index in [0.717, 1.165) is 42.7 Å². The van der Waals surface area contributed by atoms with E-state index in [2.05, 4.69) is 44.6 Å². The summed E-state index contributed by atoms with van der Waals surface area (Å²) in [6.07, 6.45) is 3.68. The van der Waals surface area contributed by atoms with Crippen LogP contribution in [0.5, 0.6) is 0 Å². The van der Waals surface area contributed by atoms with Crippen LogP contribution in [0.4, 0.5) is 17.5 Å². The quantitative estimate of drug-likeness (QED) is 0.443. The highest BCUT2D eigenvalue weighted by atomic mass is 16.1. The minimum atomic E-state index is -0.196. The number of nitrogens with zero attached hydrogens (tertiary/aromatic N) is 4. The van der Waals surface area contributed by atoms with E-state index in [1.54, 1.807) is 6.20 Å². The number of nitrogens with one attached hydrogen (secondary N) is 2. The molecule has 167 valence electrons. The zero-order valence-electron chi connectivity index (χ0n) is 18.7. The Bertz CT molecular complexity index is 1370. The van der Waals surface area contributed by atoms with Crippen molar-refractivity contribution in [1.29, 1.82) is 0 Å². The molecule has 4 N–H and O–H groups in total. The zero-order chi connectivity index (χ0) is 22.9. The second-order valence-corrected chi connectivity index (χ2v) is 8.49. The monoisotopic (exact) mass is 440 g/mol. The van der Waals surface area contributed by atoms with E-state index in [9.17, 15) is 4.79 Å². The molecule has 4 heterocycles. The number of anilines is 3. The summed E-state index contributed by atoms with van der Waals surface area (Å²) in [5.74, 6) is 1.10. The number of rotatable bonds is 4. The molecule has 1 aliphatic heterocycles. The van der Waals surface area contributed by atoms with E-state index < -0.39 is 0 Å². The molecule has 0 bridgehead atoms. The maximum absolute atomic E-state index is 12.8. The van der Waals surface area contributed by atoms with Crippen molar-refractivity contribution in [2.24, 2.45) is 0 Å².